The van der Waals surface area contributed by atoms with Crippen LogP contribution in [0.3, 0.4) is 0 Å². The summed E-state index contributed by atoms with van der Waals surface area (Å²) in [6.07, 6.45) is 0.389. The standard InChI is InChI=1S/C7H8.C2H2N2O2/c1-7-5-3-2-4-6-7;3-4-1-2(5)6/h2-6H,1H3;1H,(H,5,6). The van der Waals surface area contributed by atoms with Gasteiger partial charge in [0.15, 0.2) is 0 Å². The second-order valence-electron chi connectivity index (χ2n) is 2.24. The highest BCUT2D eigenvalue weighted by molar-refractivity contribution is 6.19. The molecule has 1 rings (SSSR count). The van der Waals surface area contributed by atoms with Gasteiger partial charge in [0.25, 0.3) is 0 Å². The second kappa shape index (κ2) is 6.76. The van der Waals surface area contributed by atoms with Crippen LogP contribution in [0.2, 0.25) is 0 Å². The third-order valence-electron chi connectivity index (χ3n) is 1.11. The monoisotopic (exact) mass is 178 g/mol. The van der Waals surface area contributed by atoms with E-state index in [4.69, 9.17) is 10.6 Å². The highest BCUT2D eigenvalue weighted by Gasteiger charge is 1.88. The van der Waals surface area contributed by atoms with E-state index in [2.05, 4.69) is 23.8 Å². The molecular weight excluding hydrogens is 168 g/mol. The number of rotatable bonds is 1. The lowest BCUT2D eigenvalue weighted by Gasteiger charge is -1.82. The van der Waals surface area contributed by atoms with Crippen molar-refractivity contribution < 1.29 is 14.7 Å². The summed E-state index contributed by atoms with van der Waals surface area (Å²) in [5.74, 6) is -1.25. The fraction of sp³-hybridized carbons (Fsp3) is 0.111. The van der Waals surface area contributed by atoms with Crippen LogP contribution in [-0.4, -0.2) is 22.1 Å². The zero-order valence-electron chi connectivity index (χ0n) is 7.21. The molecule has 0 unspecified atom stereocenters. The van der Waals surface area contributed by atoms with Gasteiger partial charge >= 0.3 is 12.2 Å². The Bertz CT molecular complexity index is 303. The molecule has 0 aliphatic heterocycles. The van der Waals surface area contributed by atoms with Crippen LogP contribution < -0.4 is 0 Å². The van der Waals surface area contributed by atoms with Crippen LogP contribution in [0.15, 0.2) is 30.3 Å². The normalized spacial score (nSPS) is 7.46. The number of carboxylic acid groups (broad SMARTS) is 1. The molecule has 0 fully saturated rings. The largest absolute Gasteiger partial charge is 0.473 e. The van der Waals surface area contributed by atoms with Crippen LogP contribution in [0.25, 0.3) is 5.53 Å². The Balaban J connectivity index is 0.000000226. The van der Waals surface area contributed by atoms with Crippen molar-refractivity contribution in [3.63, 3.8) is 0 Å². The summed E-state index contributed by atoms with van der Waals surface area (Å²) in [6, 6.07) is 10.3. The summed E-state index contributed by atoms with van der Waals surface area (Å²) >= 11 is 0. The smallest absolute Gasteiger partial charge is 0.411 e. The molecule has 0 atom stereocenters. The Hall–Kier alpha value is -1.93. The Morgan fingerprint density at radius 1 is 1.46 bits per heavy atom. The summed E-state index contributed by atoms with van der Waals surface area (Å²) in [5, 5.41) is 7.60. The first kappa shape index (κ1) is 11.1. The average Bonchev–Trinajstić information content (AvgIpc) is 2.06. The lowest BCUT2D eigenvalue weighted by atomic mass is 10.2. The van der Waals surface area contributed by atoms with Gasteiger partial charge in [-0.25, -0.2) is 4.79 Å². The molecule has 0 saturated carbocycles. The van der Waals surface area contributed by atoms with Gasteiger partial charge in [-0.3, -0.25) is 0 Å². The van der Waals surface area contributed by atoms with Crippen molar-refractivity contribution in [2.24, 2.45) is 0 Å². The van der Waals surface area contributed by atoms with Crippen molar-refractivity contribution in [1.82, 2.24) is 0 Å². The maximum absolute atomic E-state index is 9.29. The Labute approximate surface area is 76.1 Å². The molecule has 0 heterocycles. The second-order valence-corrected chi connectivity index (χ2v) is 2.24. The van der Waals surface area contributed by atoms with E-state index in [9.17, 15) is 4.79 Å². The van der Waals surface area contributed by atoms with Crippen LogP contribution in [-0.2, 0) is 4.79 Å². The fourth-order valence-electron chi connectivity index (χ4n) is 0.584. The quantitative estimate of drug-likeness (QED) is 0.400. The minimum absolute atomic E-state index is 0.389. The van der Waals surface area contributed by atoms with Gasteiger partial charge in [-0.05, 0) is 6.92 Å². The molecule has 0 radical (unpaired) electrons. The molecule has 4 nitrogen and oxygen atoms in total. The lowest BCUT2D eigenvalue weighted by Crippen LogP contribution is -1.94. The van der Waals surface area contributed by atoms with Gasteiger partial charge in [0, 0.05) is 0 Å². The molecule has 0 aliphatic carbocycles. The summed E-state index contributed by atoms with van der Waals surface area (Å²) in [4.78, 5) is 11.5. The molecule has 0 spiro atoms. The van der Waals surface area contributed by atoms with E-state index in [0.29, 0.717) is 6.21 Å². The van der Waals surface area contributed by atoms with Crippen molar-refractivity contribution in [2.75, 3.05) is 0 Å². The van der Waals surface area contributed by atoms with Gasteiger partial charge < -0.3 is 10.6 Å². The molecule has 0 aliphatic rings. The van der Waals surface area contributed by atoms with E-state index in [-0.39, 0.29) is 0 Å². The van der Waals surface area contributed by atoms with E-state index >= 15 is 0 Å². The Morgan fingerprint density at radius 2 is 2.00 bits per heavy atom. The van der Waals surface area contributed by atoms with Gasteiger partial charge in [-0.1, -0.05) is 35.9 Å². The van der Waals surface area contributed by atoms with E-state index < -0.39 is 5.97 Å². The number of carbonyl (C=O) groups is 1. The van der Waals surface area contributed by atoms with Gasteiger partial charge in [-0.2, -0.15) is 4.79 Å². The van der Waals surface area contributed by atoms with E-state index in [1.165, 1.54) is 5.56 Å². The first-order chi connectivity index (χ1) is 6.16. The van der Waals surface area contributed by atoms with Crippen molar-refractivity contribution in [3.8, 4) is 0 Å². The van der Waals surface area contributed by atoms with Crippen LogP contribution >= 0.6 is 0 Å². The van der Waals surface area contributed by atoms with Gasteiger partial charge in [0.1, 0.15) is 0 Å². The van der Waals surface area contributed by atoms with Crippen molar-refractivity contribution in [2.45, 2.75) is 6.92 Å². The number of carboxylic acids is 1. The molecule has 0 amide bonds. The highest BCUT2D eigenvalue weighted by atomic mass is 16.4. The minimum atomic E-state index is -1.25. The maximum atomic E-state index is 9.29. The van der Waals surface area contributed by atoms with Crippen LogP contribution in [0.1, 0.15) is 5.56 Å². The topological polar surface area (TPSA) is 73.7 Å². The third kappa shape index (κ3) is 7.97. The van der Waals surface area contributed by atoms with Crippen LogP contribution in [0, 0.1) is 6.92 Å². The molecule has 1 N–H and O–H groups in total. The van der Waals surface area contributed by atoms with Crippen LogP contribution in [0.5, 0.6) is 0 Å². The van der Waals surface area contributed by atoms with Crippen molar-refractivity contribution in [3.05, 3.63) is 41.4 Å². The van der Waals surface area contributed by atoms with Gasteiger partial charge in [0.2, 0.25) is 0 Å². The number of nitrogens with zero attached hydrogens (tertiary/aromatic N) is 2. The SMILES string of the molecule is Cc1ccccc1.[N-]=[N+]=CC(=O)O. The lowest BCUT2D eigenvalue weighted by molar-refractivity contribution is -0.132. The number of hydrogen-bond acceptors (Lipinski definition) is 1. The van der Waals surface area contributed by atoms with Gasteiger partial charge in [-0.15, -0.1) is 0 Å². The first-order valence-electron chi connectivity index (χ1n) is 3.59. The van der Waals surface area contributed by atoms with Crippen molar-refractivity contribution in [1.29, 1.82) is 0 Å². The fourth-order valence-corrected chi connectivity index (χ4v) is 0.584. The molecule has 1 aromatic rings. The number of hydrogen-bond donors (Lipinski definition) is 1. The van der Waals surface area contributed by atoms with Crippen LogP contribution in [0.4, 0.5) is 0 Å². The number of aryl methyl sites for hydroxylation is 1. The van der Waals surface area contributed by atoms with E-state index in [0.717, 1.165) is 0 Å². The molecule has 0 saturated heterocycles. The van der Waals surface area contributed by atoms with Crippen molar-refractivity contribution >= 4 is 12.2 Å². The molecule has 68 valence electrons. The summed E-state index contributed by atoms with van der Waals surface area (Å²) in [7, 11) is 0. The van der Waals surface area contributed by atoms with E-state index in [1.54, 1.807) is 0 Å². The van der Waals surface area contributed by atoms with Gasteiger partial charge in [0.05, 0.1) is 0 Å². The number of aliphatic carboxylic acids is 1. The predicted molar refractivity (Wildman–Crippen MR) is 48.5 cm³/mol. The minimum Gasteiger partial charge on any atom is -0.473 e. The highest BCUT2D eigenvalue weighted by Crippen LogP contribution is 1.92. The summed E-state index contributed by atoms with van der Waals surface area (Å²) < 4.78 is 0. The summed E-state index contributed by atoms with van der Waals surface area (Å²) in [5.41, 5.74) is 8.75. The number of benzene rings is 1. The molecule has 0 bridgehead atoms. The zero-order chi connectivity index (χ0) is 10.1. The molecule has 1 aromatic carbocycles. The maximum Gasteiger partial charge on any atom is 0.411 e. The zero-order valence-corrected chi connectivity index (χ0v) is 7.21. The van der Waals surface area contributed by atoms with E-state index in [1.807, 2.05) is 18.2 Å². The Kier molecular flexibility index (Phi) is 5.76. The molecule has 0 aromatic heterocycles. The molecular formula is C9H10N2O2. The predicted octanol–water partition coefficient (Wildman–Crippen LogP) is 1.37. The summed E-state index contributed by atoms with van der Waals surface area (Å²) in [6.45, 7) is 2.08. The average molecular weight is 178 g/mol. The first-order valence-corrected chi connectivity index (χ1v) is 3.59. The molecule has 4 heteroatoms. The third-order valence-corrected chi connectivity index (χ3v) is 1.11. The Morgan fingerprint density at radius 3 is 2.15 bits per heavy atom. The molecule has 13 heavy (non-hydrogen) atoms.